The van der Waals surface area contributed by atoms with Crippen LogP contribution in [0, 0.1) is 0 Å². The second kappa shape index (κ2) is 6.00. The summed E-state index contributed by atoms with van der Waals surface area (Å²) in [5.74, 6) is 0. The maximum atomic E-state index is 12.1. The standard InChI is InChI=1S/C13H14N2O4S/c16-9-12(10-4-2-1-3-5-10)15-20(18,19)11-6-7-13(17)14-8-11/h1-8,12,15-16H,9H2,(H,14,17)/t12-/m1/s1. The first kappa shape index (κ1) is 14.4. The number of hydrogen-bond donors (Lipinski definition) is 3. The third-order valence-electron chi connectivity index (χ3n) is 2.75. The Morgan fingerprint density at radius 2 is 1.85 bits per heavy atom. The van der Waals surface area contributed by atoms with Gasteiger partial charge < -0.3 is 10.1 Å². The first-order chi connectivity index (χ1) is 9.53. The molecule has 0 amide bonds. The van der Waals surface area contributed by atoms with Crippen LogP contribution in [0.4, 0.5) is 0 Å². The lowest BCUT2D eigenvalue weighted by atomic mass is 10.1. The van der Waals surface area contributed by atoms with Crippen molar-refractivity contribution < 1.29 is 13.5 Å². The van der Waals surface area contributed by atoms with Crippen LogP contribution in [0.15, 0.2) is 58.4 Å². The van der Waals surface area contributed by atoms with Crippen molar-refractivity contribution in [1.29, 1.82) is 0 Å². The number of sulfonamides is 1. The van der Waals surface area contributed by atoms with E-state index in [1.165, 1.54) is 6.07 Å². The van der Waals surface area contributed by atoms with Crippen molar-refractivity contribution in [3.63, 3.8) is 0 Å². The van der Waals surface area contributed by atoms with Crippen molar-refractivity contribution >= 4 is 10.0 Å². The SMILES string of the molecule is O=c1ccc(S(=O)(=O)N[C@H](CO)c2ccccc2)c[nH]1. The van der Waals surface area contributed by atoms with Crippen LogP contribution in [0.3, 0.4) is 0 Å². The van der Waals surface area contributed by atoms with Crippen molar-refractivity contribution in [2.24, 2.45) is 0 Å². The first-order valence-electron chi connectivity index (χ1n) is 5.90. The molecule has 1 heterocycles. The van der Waals surface area contributed by atoms with E-state index in [-0.39, 0.29) is 17.1 Å². The van der Waals surface area contributed by atoms with Crippen molar-refractivity contribution in [3.8, 4) is 0 Å². The fourth-order valence-corrected chi connectivity index (χ4v) is 2.90. The molecule has 1 atom stereocenters. The average Bonchev–Trinajstić information content (AvgIpc) is 2.46. The van der Waals surface area contributed by atoms with Crippen LogP contribution in [-0.4, -0.2) is 25.1 Å². The van der Waals surface area contributed by atoms with Crippen LogP contribution in [0.1, 0.15) is 11.6 Å². The fourth-order valence-electron chi connectivity index (χ4n) is 1.71. The lowest BCUT2D eigenvalue weighted by molar-refractivity contribution is 0.259. The second-order valence-corrected chi connectivity index (χ2v) is 5.87. The van der Waals surface area contributed by atoms with E-state index in [4.69, 9.17) is 0 Å². The summed E-state index contributed by atoms with van der Waals surface area (Å²) >= 11 is 0. The number of pyridine rings is 1. The molecule has 0 aliphatic heterocycles. The first-order valence-corrected chi connectivity index (χ1v) is 7.38. The number of aromatic amines is 1. The normalized spacial score (nSPS) is 13.1. The largest absolute Gasteiger partial charge is 0.394 e. The number of nitrogens with one attached hydrogen (secondary N) is 2. The molecule has 0 unspecified atom stereocenters. The van der Waals surface area contributed by atoms with Crippen molar-refractivity contribution in [3.05, 3.63) is 64.6 Å². The number of aromatic nitrogens is 1. The third-order valence-corrected chi connectivity index (χ3v) is 4.22. The van der Waals surface area contributed by atoms with Gasteiger partial charge in [-0.1, -0.05) is 30.3 Å². The van der Waals surface area contributed by atoms with Gasteiger partial charge in [-0.05, 0) is 11.6 Å². The smallest absolute Gasteiger partial charge is 0.247 e. The number of H-pyrrole nitrogens is 1. The highest BCUT2D eigenvalue weighted by Gasteiger charge is 2.20. The van der Waals surface area contributed by atoms with E-state index in [1.807, 2.05) is 0 Å². The third kappa shape index (κ3) is 3.32. The molecule has 3 N–H and O–H groups in total. The summed E-state index contributed by atoms with van der Waals surface area (Å²) < 4.78 is 26.7. The van der Waals surface area contributed by atoms with Crippen LogP contribution in [0.5, 0.6) is 0 Å². The van der Waals surface area contributed by atoms with Gasteiger partial charge in [0.25, 0.3) is 0 Å². The maximum Gasteiger partial charge on any atom is 0.247 e. The van der Waals surface area contributed by atoms with Crippen LogP contribution < -0.4 is 10.3 Å². The van der Waals surface area contributed by atoms with E-state index in [1.54, 1.807) is 30.3 Å². The quantitative estimate of drug-likeness (QED) is 0.742. The minimum absolute atomic E-state index is 0.0634. The molecule has 1 aromatic heterocycles. The van der Waals surface area contributed by atoms with Gasteiger partial charge in [0, 0.05) is 12.3 Å². The van der Waals surface area contributed by atoms with Gasteiger partial charge in [-0.2, -0.15) is 0 Å². The predicted molar refractivity (Wildman–Crippen MR) is 73.7 cm³/mol. The van der Waals surface area contributed by atoms with Gasteiger partial charge in [-0.15, -0.1) is 0 Å². The average molecular weight is 294 g/mol. The highest BCUT2D eigenvalue weighted by atomic mass is 32.2. The van der Waals surface area contributed by atoms with Gasteiger partial charge in [0.15, 0.2) is 0 Å². The van der Waals surface area contributed by atoms with Gasteiger partial charge in [-0.3, -0.25) is 4.79 Å². The summed E-state index contributed by atoms with van der Waals surface area (Å²) in [7, 11) is -3.82. The molecule has 2 aromatic rings. The number of rotatable bonds is 5. The van der Waals surface area contributed by atoms with Crippen LogP contribution in [0.25, 0.3) is 0 Å². The zero-order chi connectivity index (χ0) is 14.6. The van der Waals surface area contributed by atoms with Gasteiger partial charge in [-0.25, -0.2) is 13.1 Å². The Kier molecular flexibility index (Phi) is 4.33. The molecule has 1 aromatic carbocycles. The number of benzene rings is 1. The summed E-state index contributed by atoms with van der Waals surface area (Å²) in [6.45, 7) is -0.368. The second-order valence-electron chi connectivity index (χ2n) is 4.16. The molecule has 6 nitrogen and oxygen atoms in total. The Hall–Kier alpha value is -1.96. The molecule has 7 heteroatoms. The van der Waals surface area contributed by atoms with Crippen LogP contribution in [-0.2, 0) is 10.0 Å². The summed E-state index contributed by atoms with van der Waals surface area (Å²) in [4.78, 5) is 13.2. The summed E-state index contributed by atoms with van der Waals surface area (Å²) in [5, 5.41) is 9.35. The molecule has 106 valence electrons. The van der Waals surface area contributed by atoms with Crippen molar-refractivity contribution in [1.82, 2.24) is 9.71 Å². The van der Waals surface area contributed by atoms with Crippen molar-refractivity contribution in [2.45, 2.75) is 10.9 Å². The molecule has 0 bridgehead atoms. The Bertz CT molecular complexity index is 705. The number of hydrogen-bond acceptors (Lipinski definition) is 4. The van der Waals surface area contributed by atoms with Gasteiger partial charge in [0.1, 0.15) is 0 Å². The fraction of sp³-hybridized carbons (Fsp3) is 0.154. The Labute approximate surface area is 116 Å². The zero-order valence-corrected chi connectivity index (χ0v) is 11.3. The molecule has 0 saturated carbocycles. The minimum atomic E-state index is -3.82. The Balaban J connectivity index is 2.27. The van der Waals surface area contributed by atoms with E-state index < -0.39 is 16.1 Å². The molecule has 20 heavy (non-hydrogen) atoms. The summed E-state index contributed by atoms with van der Waals surface area (Å²) in [6, 6.07) is 10.3. The lowest BCUT2D eigenvalue weighted by Gasteiger charge is -2.16. The van der Waals surface area contributed by atoms with E-state index in [0.717, 1.165) is 12.3 Å². The molecule has 0 fully saturated rings. The van der Waals surface area contributed by atoms with Crippen LogP contribution >= 0.6 is 0 Å². The highest BCUT2D eigenvalue weighted by Crippen LogP contribution is 2.15. The molecule has 0 aliphatic carbocycles. The topological polar surface area (TPSA) is 99.3 Å². The molecule has 0 spiro atoms. The number of aliphatic hydroxyl groups excluding tert-OH is 1. The predicted octanol–water partition coefficient (Wildman–Crippen LogP) is 0.387. The monoisotopic (exact) mass is 294 g/mol. The van der Waals surface area contributed by atoms with Gasteiger partial charge in [0.2, 0.25) is 15.6 Å². The summed E-state index contributed by atoms with van der Waals surface area (Å²) in [5.41, 5.74) is 0.272. The van der Waals surface area contributed by atoms with Gasteiger partial charge in [0.05, 0.1) is 17.5 Å². The van der Waals surface area contributed by atoms with E-state index >= 15 is 0 Å². The van der Waals surface area contributed by atoms with Crippen LogP contribution in [0.2, 0.25) is 0 Å². The van der Waals surface area contributed by atoms with E-state index in [2.05, 4.69) is 9.71 Å². The molecule has 0 radical (unpaired) electrons. The Morgan fingerprint density at radius 3 is 2.40 bits per heavy atom. The zero-order valence-electron chi connectivity index (χ0n) is 10.5. The van der Waals surface area contributed by atoms with E-state index in [0.29, 0.717) is 5.56 Å². The molecular formula is C13H14N2O4S. The highest BCUT2D eigenvalue weighted by molar-refractivity contribution is 7.89. The van der Waals surface area contributed by atoms with Gasteiger partial charge >= 0.3 is 0 Å². The van der Waals surface area contributed by atoms with E-state index in [9.17, 15) is 18.3 Å². The molecule has 2 rings (SSSR count). The minimum Gasteiger partial charge on any atom is -0.394 e. The number of aliphatic hydroxyl groups is 1. The molecule has 0 aliphatic rings. The summed E-state index contributed by atoms with van der Waals surface area (Å²) in [6.07, 6.45) is 1.12. The molecule has 0 saturated heterocycles. The maximum absolute atomic E-state index is 12.1. The van der Waals surface area contributed by atoms with Crippen molar-refractivity contribution in [2.75, 3.05) is 6.61 Å². The Morgan fingerprint density at radius 1 is 1.15 bits per heavy atom. The molecular weight excluding hydrogens is 280 g/mol. The lowest BCUT2D eigenvalue weighted by Crippen LogP contribution is -2.31.